The van der Waals surface area contributed by atoms with Gasteiger partial charge >= 0.3 is 0 Å². The fourth-order valence-electron chi connectivity index (χ4n) is 1.03. The van der Waals surface area contributed by atoms with Gasteiger partial charge in [-0.15, -0.1) is 12.3 Å². The van der Waals surface area contributed by atoms with Gasteiger partial charge in [-0.05, 0) is 0 Å². The van der Waals surface area contributed by atoms with E-state index in [1.54, 1.807) is 0 Å². The van der Waals surface area contributed by atoms with Crippen LogP contribution in [0.5, 0.6) is 0 Å². The van der Waals surface area contributed by atoms with E-state index in [9.17, 15) is 8.42 Å². The van der Waals surface area contributed by atoms with Crippen LogP contribution in [0.2, 0.25) is 5.02 Å². The van der Waals surface area contributed by atoms with Crippen LogP contribution in [0.1, 0.15) is 6.42 Å². The Bertz CT molecular complexity index is 467. The second kappa shape index (κ2) is 4.66. The van der Waals surface area contributed by atoms with E-state index < -0.39 is 10.0 Å². The quantitative estimate of drug-likeness (QED) is 0.618. The van der Waals surface area contributed by atoms with Crippen molar-refractivity contribution in [3.8, 4) is 12.3 Å². The number of sulfonamides is 1. The summed E-state index contributed by atoms with van der Waals surface area (Å²) in [6.45, 7) is 0.181. The van der Waals surface area contributed by atoms with Crippen LogP contribution in [-0.4, -0.2) is 24.7 Å². The molecule has 5 nitrogen and oxygen atoms in total. The number of aromatic nitrogens is 2. The Morgan fingerprint density at radius 1 is 1.73 bits per heavy atom. The van der Waals surface area contributed by atoms with E-state index in [-0.39, 0.29) is 16.6 Å². The topological polar surface area (TPSA) is 64.0 Å². The van der Waals surface area contributed by atoms with Crippen molar-refractivity contribution in [3.05, 3.63) is 11.2 Å². The molecular formula is C8H10ClN3O2S. The molecule has 7 heteroatoms. The minimum Gasteiger partial charge on any atom is -0.255 e. The molecule has 0 saturated carbocycles. The summed E-state index contributed by atoms with van der Waals surface area (Å²) in [5.41, 5.74) is 0. The minimum atomic E-state index is -3.63. The van der Waals surface area contributed by atoms with Crippen LogP contribution >= 0.6 is 11.6 Å². The van der Waals surface area contributed by atoms with E-state index in [2.05, 4.69) is 15.7 Å². The summed E-state index contributed by atoms with van der Waals surface area (Å²) in [6.07, 6.45) is 6.61. The maximum atomic E-state index is 11.7. The molecule has 82 valence electrons. The molecule has 1 aromatic heterocycles. The number of hydrogen-bond acceptors (Lipinski definition) is 3. The zero-order chi connectivity index (χ0) is 11.5. The Kier molecular flexibility index (Phi) is 3.74. The molecule has 0 bridgehead atoms. The lowest BCUT2D eigenvalue weighted by Crippen LogP contribution is -2.26. The van der Waals surface area contributed by atoms with Crippen LogP contribution < -0.4 is 4.72 Å². The second-order valence-electron chi connectivity index (χ2n) is 2.77. The minimum absolute atomic E-state index is 0.0545. The van der Waals surface area contributed by atoms with E-state index in [1.807, 2.05) is 0 Å². The first-order valence-corrected chi connectivity index (χ1v) is 5.96. The zero-order valence-corrected chi connectivity index (χ0v) is 9.64. The van der Waals surface area contributed by atoms with Crippen molar-refractivity contribution in [1.29, 1.82) is 0 Å². The second-order valence-corrected chi connectivity index (χ2v) is 4.86. The lowest BCUT2D eigenvalue weighted by Gasteiger charge is -2.05. The van der Waals surface area contributed by atoms with Gasteiger partial charge in [0.05, 0.1) is 11.2 Å². The van der Waals surface area contributed by atoms with Gasteiger partial charge in [-0.25, -0.2) is 13.1 Å². The van der Waals surface area contributed by atoms with Gasteiger partial charge in [0.25, 0.3) is 10.0 Å². The number of terminal acetylenes is 1. The molecular weight excluding hydrogens is 238 g/mol. The summed E-state index contributed by atoms with van der Waals surface area (Å²) in [5.74, 6) is 2.33. The smallest absolute Gasteiger partial charge is 0.255 e. The summed E-state index contributed by atoms with van der Waals surface area (Å²) >= 11 is 5.70. The first kappa shape index (κ1) is 12.0. The summed E-state index contributed by atoms with van der Waals surface area (Å²) < 4.78 is 26.9. The number of rotatable bonds is 4. The number of hydrogen-bond donors (Lipinski definition) is 1. The van der Waals surface area contributed by atoms with Crippen LogP contribution in [-0.2, 0) is 17.1 Å². The molecule has 0 aromatic carbocycles. The number of nitrogens with one attached hydrogen (secondary N) is 1. The van der Waals surface area contributed by atoms with E-state index in [0.717, 1.165) is 0 Å². The summed E-state index contributed by atoms with van der Waals surface area (Å²) in [4.78, 5) is 0. The first-order valence-electron chi connectivity index (χ1n) is 4.09. The maximum Gasteiger partial charge on any atom is 0.259 e. The standard InChI is InChI=1S/C8H10ClN3O2S/c1-3-4-5-11-15(13,14)8-7(9)6-10-12(8)2/h1,6,11H,4-5H2,2H3. The van der Waals surface area contributed by atoms with E-state index >= 15 is 0 Å². The number of halogens is 1. The molecule has 1 heterocycles. The van der Waals surface area contributed by atoms with Crippen molar-refractivity contribution >= 4 is 21.6 Å². The van der Waals surface area contributed by atoms with Gasteiger partial charge in [0, 0.05) is 20.0 Å². The van der Waals surface area contributed by atoms with Crippen molar-refractivity contribution in [3.63, 3.8) is 0 Å². The maximum absolute atomic E-state index is 11.7. The van der Waals surface area contributed by atoms with Crippen molar-refractivity contribution in [2.45, 2.75) is 11.4 Å². The molecule has 0 fully saturated rings. The van der Waals surface area contributed by atoms with Gasteiger partial charge in [-0.3, -0.25) is 4.68 Å². The number of aryl methyl sites for hydroxylation is 1. The first-order chi connectivity index (χ1) is 6.99. The zero-order valence-electron chi connectivity index (χ0n) is 8.07. The van der Waals surface area contributed by atoms with Gasteiger partial charge in [0.2, 0.25) is 0 Å². The molecule has 0 amide bonds. The Hall–Kier alpha value is -1.03. The molecule has 0 aliphatic heterocycles. The van der Waals surface area contributed by atoms with E-state index in [4.69, 9.17) is 18.0 Å². The lowest BCUT2D eigenvalue weighted by atomic mass is 10.5. The van der Waals surface area contributed by atoms with Gasteiger partial charge in [0.15, 0.2) is 5.03 Å². The predicted octanol–water partition coefficient (Wildman–Crippen LogP) is 0.375. The third-order valence-electron chi connectivity index (χ3n) is 1.66. The van der Waals surface area contributed by atoms with Crippen molar-refractivity contribution in [2.24, 2.45) is 7.05 Å². The highest BCUT2D eigenvalue weighted by Crippen LogP contribution is 2.19. The molecule has 0 radical (unpaired) electrons. The Morgan fingerprint density at radius 3 is 2.87 bits per heavy atom. The highest BCUT2D eigenvalue weighted by atomic mass is 35.5. The molecule has 0 spiro atoms. The summed E-state index contributed by atoms with van der Waals surface area (Å²) in [7, 11) is -2.13. The Morgan fingerprint density at radius 2 is 2.40 bits per heavy atom. The summed E-state index contributed by atoms with van der Waals surface area (Å²) in [5, 5.41) is 3.77. The van der Waals surface area contributed by atoms with Crippen LogP contribution in [0, 0.1) is 12.3 Å². The van der Waals surface area contributed by atoms with E-state index in [0.29, 0.717) is 6.42 Å². The monoisotopic (exact) mass is 247 g/mol. The van der Waals surface area contributed by atoms with Crippen molar-refractivity contribution in [2.75, 3.05) is 6.54 Å². The largest absolute Gasteiger partial charge is 0.259 e. The Balaban J connectivity index is 2.93. The Labute approximate surface area is 93.5 Å². The molecule has 1 N–H and O–H groups in total. The van der Waals surface area contributed by atoms with Gasteiger partial charge in [-0.1, -0.05) is 11.6 Å². The molecule has 15 heavy (non-hydrogen) atoms. The molecule has 0 aliphatic carbocycles. The number of nitrogens with zero attached hydrogens (tertiary/aromatic N) is 2. The van der Waals surface area contributed by atoms with Crippen LogP contribution in [0.25, 0.3) is 0 Å². The highest BCUT2D eigenvalue weighted by Gasteiger charge is 2.21. The lowest BCUT2D eigenvalue weighted by molar-refractivity contribution is 0.564. The van der Waals surface area contributed by atoms with Crippen LogP contribution in [0.15, 0.2) is 11.2 Å². The van der Waals surface area contributed by atoms with E-state index in [1.165, 1.54) is 17.9 Å². The average molecular weight is 248 g/mol. The van der Waals surface area contributed by atoms with Gasteiger partial charge in [0.1, 0.15) is 0 Å². The van der Waals surface area contributed by atoms with Crippen LogP contribution in [0.3, 0.4) is 0 Å². The predicted molar refractivity (Wildman–Crippen MR) is 56.9 cm³/mol. The third-order valence-corrected chi connectivity index (χ3v) is 3.62. The molecule has 0 saturated heterocycles. The molecule has 1 rings (SSSR count). The van der Waals surface area contributed by atoms with Gasteiger partial charge < -0.3 is 0 Å². The molecule has 1 aromatic rings. The average Bonchev–Trinajstić information content (AvgIpc) is 2.46. The van der Waals surface area contributed by atoms with Crippen LogP contribution in [0.4, 0.5) is 0 Å². The molecule has 0 unspecified atom stereocenters. The van der Waals surface area contributed by atoms with Crippen molar-refractivity contribution in [1.82, 2.24) is 14.5 Å². The SMILES string of the molecule is C#CCCNS(=O)(=O)c1c(Cl)cnn1C. The molecule has 0 atom stereocenters. The highest BCUT2D eigenvalue weighted by molar-refractivity contribution is 7.89. The van der Waals surface area contributed by atoms with Crippen molar-refractivity contribution < 1.29 is 8.42 Å². The summed E-state index contributed by atoms with van der Waals surface area (Å²) in [6, 6.07) is 0. The third kappa shape index (κ3) is 2.72. The molecule has 0 aliphatic rings. The normalized spacial score (nSPS) is 11.3. The fourth-order valence-corrected chi connectivity index (χ4v) is 2.71. The fraction of sp³-hybridized carbons (Fsp3) is 0.375. The van der Waals surface area contributed by atoms with Gasteiger partial charge in [-0.2, -0.15) is 5.10 Å².